The van der Waals surface area contributed by atoms with Crippen LogP contribution in [0, 0.1) is 0 Å². The van der Waals surface area contributed by atoms with Gasteiger partial charge in [-0.1, -0.05) is 63.6 Å². The molecule has 1 fully saturated rings. The molecule has 0 aliphatic heterocycles. The molecule has 2 aromatic carbocycles. The van der Waals surface area contributed by atoms with Crippen molar-refractivity contribution in [3.8, 4) is 16.9 Å². The maximum absolute atomic E-state index is 13.7. The van der Waals surface area contributed by atoms with E-state index in [1.54, 1.807) is 35.5 Å². The van der Waals surface area contributed by atoms with Crippen LogP contribution in [0.3, 0.4) is 0 Å². The van der Waals surface area contributed by atoms with Gasteiger partial charge in [0.15, 0.2) is 8.32 Å². The normalized spacial score (nSPS) is 15.1. The number of nitrogens with one attached hydrogen (secondary N) is 1. The Hall–Kier alpha value is -3.78. The predicted molar refractivity (Wildman–Crippen MR) is 228 cm³/mol. The van der Waals surface area contributed by atoms with Crippen LogP contribution in [0.25, 0.3) is 11.1 Å². The highest BCUT2D eigenvalue weighted by molar-refractivity contribution is 7.90. The molecule has 314 valence electrons. The van der Waals surface area contributed by atoms with Crippen LogP contribution in [0.4, 0.5) is 4.79 Å². The van der Waals surface area contributed by atoms with Crippen molar-refractivity contribution >= 4 is 30.3 Å². The molecule has 1 aromatic heterocycles. The molecule has 1 saturated carbocycles. The number of rotatable bonds is 16. The second-order valence-corrected chi connectivity index (χ2v) is 25.0. The van der Waals surface area contributed by atoms with Crippen LogP contribution < -0.4 is 9.46 Å². The number of hydrogen-bond donors (Lipinski definition) is 2. The van der Waals surface area contributed by atoms with Crippen LogP contribution in [0.2, 0.25) is 18.1 Å². The summed E-state index contributed by atoms with van der Waals surface area (Å²) in [6, 6.07) is 17.1. The number of ether oxygens (including phenoxy) is 2. The molecule has 0 bridgehead atoms. The first-order chi connectivity index (χ1) is 26.4. The number of pyridine rings is 1. The van der Waals surface area contributed by atoms with Crippen molar-refractivity contribution < 1.29 is 37.0 Å². The molecule has 2 amide bonds. The quantitative estimate of drug-likeness (QED) is 0.135. The lowest BCUT2D eigenvalue weighted by atomic mass is 9.97. The summed E-state index contributed by atoms with van der Waals surface area (Å²) in [7, 11) is -6.24. The second kappa shape index (κ2) is 18.9. The molecular weight excluding hydrogens is 759 g/mol. The molecule has 1 atom stereocenters. The van der Waals surface area contributed by atoms with Gasteiger partial charge in [-0.25, -0.2) is 17.9 Å². The summed E-state index contributed by atoms with van der Waals surface area (Å²) in [5.41, 5.74) is 1.89. The zero-order valence-electron chi connectivity index (χ0n) is 35.7. The molecule has 1 heterocycles. The number of carbonyl (C=O) groups is 2. The maximum Gasteiger partial charge on any atom is 0.410 e. The van der Waals surface area contributed by atoms with Gasteiger partial charge in [-0.15, -0.1) is 0 Å². The highest BCUT2D eigenvalue weighted by atomic mass is 32.2. The molecule has 1 aliphatic carbocycles. The molecular formula is C44H65N3O8SSi. The van der Waals surface area contributed by atoms with Crippen LogP contribution in [0.1, 0.15) is 122 Å². The molecule has 4 rings (SSSR count). The second-order valence-electron chi connectivity index (χ2n) is 18.4. The number of sulfonamides is 1. The molecule has 1 aliphatic rings. The van der Waals surface area contributed by atoms with Gasteiger partial charge in [0, 0.05) is 18.9 Å². The molecule has 2 N–H and O–H groups in total. The van der Waals surface area contributed by atoms with E-state index in [1.807, 2.05) is 57.2 Å². The fourth-order valence-corrected chi connectivity index (χ4v) is 8.74. The zero-order chi connectivity index (χ0) is 42.2. The van der Waals surface area contributed by atoms with Crippen LogP contribution >= 0.6 is 0 Å². The monoisotopic (exact) mass is 823 g/mol. The molecule has 0 spiro atoms. The average molecular weight is 824 g/mol. The minimum absolute atomic E-state index is 0.0213. The third-order valence-electron chi connectivity index (χ3n) is 10.6. The number of amides is 2. The van der Waals surface area contributed by atoms with Gasteiger partial charge in [-0.05, 0) is 132 Å². The number of nitrogens with zero attached hydrogens (tertiary/aromatic N) is 2. The summed E-state index contributed by atoms with van der Waals surface area (Å²) in [6.07, 6.45) is 8.09. The van der Waals surface area contributed by atoms with Gasteiger partial charge in [0.05, 0.1) is 35.7 Å². The minimum atomic E-state index is -4.00. The molecule has 13 heteroatoms. The fraction of sp³-hybridized carbons (Fsp3) is 0.568. The van der Waals surface area contributed by atoms with Gasteiger partial charge >= 0.3 is 6.09 Å². The number of aliphatic hydroxyl groups is 1. The van der Waals surface area contributed by atoms with E-state index in [-0.39, 0.29) is 23.1 Å². The van der Waals surface area contributed by atoms with Crippen molar-refractivity contribution in [2.45, 2.75) is 142 Å². The summed E-state index contributed by atoms with van der Waals surface area (Å²) >= 11 is 0. The lowest BCUT2D eigenvalue weighted by Crippen LogP contribution is -2.46. The lowest BCUT2D eigenvalue weighted by Gasteiger charge is -2.40. The van der Waals surface area contributed by atoms with Crippen LogP contribution in [0.5, 0.6) is 5.75 Å². The smallest absolute Gasteiger partial charge is 0.410 e. The van der Waals surface area contributed by atoms with Gasteiger partial charge < -0.3 is 23.9 Å². The standard InChI is InChI=1S/C44H65N3O8SSi/c1-42(2,3)54-41(49)47(31-39(35-15-14-26-45-30-35)55-57(9,10)43(4,5)6)27-24-32-18-20-33(21-19-32)34-22-23-37(38(29-34)53-36-16-12-11-13-17-36)40(48)46-56(51,52)28-25-44(7,8)50/h14-15,18-23,26,29-30,36,39,50H,11-13,16-17,24-25,27-28,31H2,1-10H3,(H,46,48)/t39-/m0/s1. The van der Waals surface area contributed by atoms with Gasteiger partial charge in [0.1, 0.15) is 11.4 Å². The molecule has 57 heavy (non-hydrogen) atoms. The van der Waals surface area contributed by atoms with E-state index in [1.165, 1.54) is 13.8 Å². The summed E-state index contributed by atoms with van der Waals surface area (Å²) in [4.78, 5) is 33.2. The Balaban J connectivity index is 1.56. The van der Waals surface area contributed by atoms with E-state index in [0.717, 1.165) is 54.4 Å². The lowest BCUT2D eigenvalue weighted by molar-refractivity contribution is 0.0158. The summed E-state index contributed by atoms with van der Waals surface area (Å²) < 4.78 is 46.9. The first kappa shape index (κ1) is 45.9. The molecule has 11 nitrogen and oxygen atoms in total. The summed E-state index contributed by atoms with van der Waals surface area (Å²) in [5.74, 6) is -0.833. The Morgan fingerprint density at radius 1 is 0.947 bits per heavy atom. The predicted octanol–water partition coefficient (Wildman–Crippen LogP) is 9.22. The van der Waals surface area contributed by atoms with Crippen molar-refractivity contribution in [3.63, 3.8) is 0 Å². The third-order valence-corrected chi connectivity index (χ3v) is 16.3. The number of aromatic nitrogens is 1. The molecule has 3 aromatic rings. The van der Waals surface area contributed by atoms with Gasteiger partial charge in [0.2, 0.25) is 10.0 Å². The van der Waals surface area contributed by atoms with E-state index in [0.29, 0.717) is 25.3 Å². The third kappa shape index (κ3) is 14.5. The fourth-order valence-electron chi connectivity index (χ4n) is 6.20. The van der Waals surface area contributed by atoms with Crippen LogP contribution in [0.15, 0.2) is 67.0 Å². The van der Waals surface area contributed by atoms with E-state index in [9.17, 15) is 23.1 Å². The number of hydrogen-bond acceptors (Lipinski definition) is 9. The number of carbonyl (C=O) groups excluding carboxylic acids is 2. The summed E-state index contributed by atoms with van der Waals surface area (Å²) in [6.45, 7) is 20.3. The van der Waals surface area contributed by atoms with Crippen molar-refractivity contribution in [1.29, 1.82) is 0 Å². The van der Waals surface area contributed by atoms with E-state index < -0.39 is 53.4 Å². The first-order valence-electron chi connectivity index (χ1n) is 20.1. The van der Waals surface area contributed by atoms with E-state index in [4.69, 9.17) is 13.9 Å². The Labute approximate surface area is 342 Å². The van der Waals surface area contributed by atoms with Crippen molar-refractivity contribution in [2.24, 2.45) is 0 Å². The van der Waals surface area contributed by atoms with E-state index >= 15 is 0 Å². The Bertz CT molecular complexity index is 1890. The molecule has 0 saturated heterocycles. The summed E-state index contributed by atoms with van der Waals surface area (Å²) in [5, 5.41) is 9.99. The van der Waals surface area contributed by atoms with Gasteiger partial charge in [-0.3, -0.25) is 9.78 Å². The molecule has 0 unspecified atom stereocenters. The maximum atomic E-state index is 13.7. The SMILES string of the molecule is CC(C)(O)CCS(=O)(=O)NC(=O)c1ccc(-c2ccc(CCN(C[C@H](O[Si](C)(C)C(C)(C)C)c3cccnc3)C(=O)OC(C)(C)C)cc2)cc1OC1CCCCC1. The topological polar surface area (TPSA) is 144 Å². The Morgan fingerprint density at radius 3 is 2.18 bits per heavy atom. The van der Waals surface area contributed by atoms with Crippen molar-refractivity contribution in [1.82, 2.24) is 14.6 Å². The van der Waals surface area contributed by atoms with Crippen LogP contribution in [-0.2, 0) is 25.6 Å². The van der Waals surface area contributed by atoms with Crippen molar-refractivity contribution in [3.05, 3.63) is 83.7 Å². The van der Waals surface area contributed by atoms with E-state index in [2.05, 4.69) is 43.6 Å². The highest BCUT2D eigenvalue weighted by Gasteiger charge is 2.40. The Morgan fingerprint density at radius 2 is 1.60 bits per heavy atom. The minimum Gasteiger partial charge on any atom is -0.490 e. The highest BCUT2D eigenvalue weighted by Crippen LogP contribution is 2.40. The molecule has 0 radical (unpaired) electrons. The average Bonchev–Trinajstić information content (AvgIpc) is 3.11. The largest absolute Gasteiger partial charge is 0.490 e. The van der Waals surface area contributed by atoms with Crippen molar-refractivity contribution in [2.75, 3.05) is 18.8 Å². The Kier molecular flexibility index (Phi) is 15.2. The number of benzene rings is 2. The van der Waals surface area contributed by atoms with Gasteiger partial charge in [-0.2, -0.15) is 0 Å². The first-order valence-corrected chi connectivity index (χ1v) is 24.7. The van der Waals surface area contributed by atoms with Crippen LogP contribution in [-0.4, -0.2) is 79.9 Å². The van der Waals surface area contributed by atoms with Gasteiger partial charge in [0.25, 0.3) is 5.91 Å². The zero-order valence-corrected chi connectivity index (χ0v) is 37.5.